The molecule has 1 rings (SSSR count). The van der Waals surface area contributed by atoms with E-state index in [4.69, 9.17) is 5.11 Å². The van der Waals surface area contributed by atoms with Gasteiger partial charge in [0.15, 0.2) is 0 Å². The van der Waals surface area contributed by atoms with E-state index in [9.17, 15) is 9.59 Å². The second-order valence-corrected chi connectivity index (χ2v) is 4.82. The lowest BCUT2D eigenvalue weighted by molar-refractivity contribution is -0.138. The minimum absolute atomic E-state index is 0.108. The van der Waals surface area contributed by atoms with E-state index in [0.29, 0.717) is 5.16 Å². The Balaban J connectivity index is 2.46. The second-order valence-electron chi connectivity index (χ2n) is 3.88. The Morgan fingerprint density at radius 2 is 2.11 bits per heavy atom. The van der Waals surface area contributed by atoms with Crippen molar-refractivity contribution in [3.63, 3.8) is 0 Å². The Morgan fingerprint density at radius 3 is 2.68 bits per heavy atom. The number of amides is 1. The normalized spacial score (nSPS) is 10.7. The molecule has 0 saturated heterocycles. The van der Waals surface area contributed by atoms with Crippen LogP contribution in [0.2, 0.25) is 0 Å². The lowest BCUT2D eigenvalue weighted by Crippen LogP contribution is -2.35. The molecule has 0 aromatic carbocycles. The number of carboxylic acid groups (broad SMARTS) is 1. The summed E-state index contributed by atoms with van der Waals surface area (Å²) in [4.78, 5) is 22.2. The number of nitrogens with one attached hydrogen (secondary N) is 1. The van der Waals surface area contributed by atoms with Gasteiger partial charge in [0, 0.05) is 6.04 Å². The smallest absolute Gasteiger partial charge is 0.325 e. The molecule has 1 aromatic heterocycles. The molecule has 0 aliphatic heterocycles. The Bertz CT molecular complexity index is 433. The third kappa shape index (κ3) is 5.25. The van der Waals surface area contributed by atoms with E-state index in [1.165, 1.54) is 0 Å². The van der Waals surface area contributed by atoms with E-state index in [-0.39, 0.29) is 24.2 Å². The molecule has 0 fully saturated rings. The van der Waals surface area contributed by atoms with Gasteiger partial charge in [0.05, 0.1) is 5.75 Å². The fourth-order valence-electron chi connectivity index (χ4n) is 1.42. The summed E-state index contributed by atoms with van der Waals surface area (Å²) in [5.74, 6) is -0.976. The number of carboxylic acids is 1. The molecule has 0 unspecified atom stereocenters. The first-order valence-corrected chi connectivity index (χ1v) is 6.95. The predicted octanol–water partition coefficient (Wildman–Crippen LogP) is 0.155. The monoisotopic (exact) mass is 287 g/mol. The number of aromatic nitrogens is 4. The molecule has 2 N–H and O–H groups in total. The number of hydrogen-bond donors (Lipinski definition) is 2. The summed E-state index contributed by atoms with van der Waals surface area (Å²) in [6.45, 7) is 3.70. The van der Waals surface area contributed by atoms with Gasteiger partial charge in [-0.3, -0.25) is 9.59 Å². The van der Waals surface area contributed by atoms with Crippen molar-refractivity contribution in [2.75, 3.05) is 5.75 Å². The molecule has 1 amide bonds. The van der Waals surface area contributed by atoms with Crippen molar-refractivity contribution in [1.82, 2.24) is 25.5 Å². The van der Waals surface area contributed by atoms with Gasteiger partial charge in [-0.25, -0.2) is 4.68 Å². The van der Waals surface area contributed by atoms with Gasteiger partial charge in [-0.2, -0.15) is 0 Å². The molecule has 0 saturated carbocycles. The Kier molecular flexibility index (Phi) is 6.26. The minimum atomic E-state index is -1.03. The van der Waals surface area contributed by atoms with Crippen LogP contribution in [0.4, 0.5) is 0 Å². The topological polar surface area (TPSA) is 110 Å². The Hall–Kier alpha value is -1.64. The number of rotatable bonds is 8. The summed E-state index contributed by atoms with van der Waals surface area (Å²) >= 11 is 1.12. The van der Waals surface area contributed by atoms with E-state index >= 15 is 0 Å². The van der Waals surface area contributed by atoms with Gasteiger partial charge in [-0.05, 0) is 23.3 Å². The number of tetrazole rings is 1. The third-order valence-electron chi connectivity index (χ3n) is 2.47. The molecule has 106 valence electrons. The first-order valence-electron chi connectivity index (χ1n) is 5.96. The molecule has 8 nitrogen and oxygen atoms in total. The van der Waals surface area contributed by atoms with E-state index < -0.39 is 5.97 Å². The van der Waals surface area contributed by atoms with Crippen molar-refractivity contribution >= 4 is 23.6 Å². The van der Waals surface area contributed by atoms with E-state index in [1.807, 2.05) is 13.8 Å². The van der Waals surface area contributed by atoms with Gasteiger partial charge < -0.3 is 10.4 Å². The molecule has 1 heterocycles. The van der Waals surface area contributed by atoms with Crippen molar-refractivity contribution < 1.29 is 14.7 Å². The molecule has 9 heteroatoms. The van der Waals surface area contributed by atoms with Gasteiger partial charge in [-0.15, -0.1) is 5.10 Å². The first-order chi connectivity index (χ1) is 9.06. The number of hydrogen-bond acceptors (Lipinski definition) is 6. The Labute approximate surface area is 114 Å². The zero-order valence-electron chi connectivity index (χ0n) is 10.9. The van der Waals surface area contributed by atoms with Gasteiger partial charge in [0.1, 0.15) is 6.54 Å². The molecule has 0 aliphatic carbocycles. The quantitative estimate of drug-likeness (QED) is 0.655. The minimum Gasteiger partial charge on any atom is -0.480 e. The summed E-state index contributed by atoms with van der Waals surface area (Å²) in [5, 5.41) is 22.5. The highest BCUT2D eigenvalue weighted by molar-refractivity contribution is 7.99. The van der Waals surface area contributed by atoms with Crippen LogP contribution in [0.3, 0.4) is 0 Å². The highest BCUT2D eigenvalue weighted by Gasteiger charge is 2.13. The highest BCUT2D eigenvalue weighted by atomic mass is 32.2. The van der Waals surface area contributed by atoms with Crippen LogP contribution in [0, 0.1) is 0 Å². The number of carbonyl (C=O) groups is 2. The summed E-state index contributed by atoms with van der Waals surface area (Å²) < 4.78 is 1.15. The average Bonchev–Trinajstić information content (AvgIpc) is 2.80. The fraction of sp³-hybridized carbons (Fsp3) is 0.700. The van der Waals surface area contributed by atoms with Crippen molar-refractivity contribution in [3.8, 4) is 0 Å². The average molecular weight is 287 g/mol. The van der Waals surface area contributed by atoms with Crippen LogP contribution in [-0.4, -0.2) is 49.0 Å². The number of nitrogens with zero attached hydrogens (tertiary/aromatic N) is 4. The van der Waals surface area contributed by atoms with Crippen LogP contribution in [0.1, 0.15) is 26.7 Å². The van der Waals surface area contributed by atoms with Crippen LogP contribution in [-0.2, 0) is 16.1 Å². The zero-order chi connectivity index (χ0) is 14.3. The molecule has 1 aromatic rings. The largest absolute Gasteiger partial charge is 0.480 e. The van der Waals surface area contributed by atoms with Crippen LogP contribution < -0.4 is 5.32 Å². The molecule has 0 aliphatic rings. The lowest BCUT2D eigenvalue weighted by Gasteiger charge is -2.14. The molecule has 0 radical (unpaired) electrons. The SMILES string of the molecule is CCC(CC)NC(=O)CSc1nnnn1CC(=O)O. The van der Waals surface area contributed by atoms with Crippen LogP contribution >= 0.6 is 11.8 Å². The molecular formula is C10H17N5O3S. The van der Waals surface area contributed by atoms with Gasteiger partial charge in [0.25, 0.3) is 0 Å². The zero-order valence-corrected chi connectivity index (χ0v) is 11.7. The summed E-state index contributed by atoms with van der Waals surface area (Å²) in [6.07, 6.45) is 1.76. The molecule has 0 spiro atoms. The maximum atomic E-state index is 11.7. The number of aliphatic carboxylic acids is 1. The maximum Gasteiger partial charge on any atom is 0.325 e. The molecule has 0 bridgehead atoms. The van der Waals surface area contributed by atoms with Gasteiger partial charge >= 0.3 is 5.97 Å². The van der Waals surface area contributed by atoms with Crippen LogP contribution in [0.15, 0.2) is 5.16 Å². The molecule has 0 atom stereocenters. The second kappa shape index (κ2) is 7.72. The lowest BCUT2D eigenvalue weighted by atomic mass is 10.2. The highest BCUT2D eigenvalue weighted by Crippen LogP contribution is 2.13. The van der Waals surface area contributed by atoms with Crippen molar-refractivity contribution in [2.45, 2.75) is 44.4 Å². The molecular weight excluding hydrogens is 270 g/mol. The van der Waals surface area contributed by atoms with Gasteiger partial charge in [0.2, 0.25) is 11.1 Å². The number of thioether (sulfide) groups is 1. The standard InChI is InChI=1S/C10H17N5O3S/c1-3-7(4-2)11-8(16)6-19-10-12-13-14-15(10)5-9(17)18/h7H,3-6H2,1-2H3,(H,11,16)(H,17,18). The summed E-state index contributed by atoms with van der Waals surface area (Å²) in [6, 6.07) is 0.170. The fourth-order valence-corrected chi connectivity index (χ4v) is 2.11. The Morgan fingerprint density at radius 1 is 1.42 bits per heavy atom. The number of carbonyl (C=O) groups excluding carboxylic acids is 1. The summed E-state index contributed by atoms with van der Waals surface area (Å²) in [7, 11) is 0. The predicted molar refractivity (Wildman–Crippen MR) is 68.7 cm³/mol. The van der Waals surface area contributed by atoms with Crippen molar-refractivity contribution in [3.05, 3.63) is 0 Å². The summed E-state index contributed by atoms with van der Waals surface area (Å²) in [5.41, 5.74) is 0. The maximum absolute atomic E-state index is 11.7. The molecule has 19 heavy (non-hydrogen) atoms. The van der Waals surface area contributed by atoms with E-state index in [2.05, 4.69) is 20.8 Å². The van der Waals surface area contributed by atoms with Crippen LogP contribution in [0.5, 0.6) is 0 Å². The van der Waals surface area contributed by atoms with Crippen molar-refractivity contribution in [2.24, 2.45) is 0 Å². The first kappa shape index (κ1) is 15.4. The van der Waals surface area contributed by atoms with Crippen LogP contribution in [0.25, 0.3) is 0 Å². The van der Waals surface area contributed by atoms with Gasteiger partial charge in [-0.1, -0.05) is 25.6 Å². The van der Waals surface area contributed by atoms with Crippen molar-refractivity contribution in [1.29, 1.82) is 0 Å². The van der Waals surface area contributed by atoms with E-state index in [0.717, 1.165) is 29.3 Å². The van der Waals surface area contributed by atoms with E-state index in [1.54, 1.807) is 0 Å². The third-order valence-corrected chi connectivity index (χ3v) is 3.42.